The van der Waals surface area contributed by atoms with Crippen LogP contribution in [0.3, 0.4) is 0 Å². The molecule has 1 aliphatic rings. The lowest BCUT2D eigenvalue weighted by Gasteiger charge is -2.15. The Bertz CT molecular complexity index is 444. The summed E-state index contributed by atoms with van der Waals surface area (Å²) in [5, 5.41) is 8.68. The van der Waals surface area contributed by atoms with E-state index in [9.17, 15) is 0 Å². The molecule has 19 heavy (non-hydrogen) atoms. The van der Waals surface area contributed by atoms with Gasteiger partial charge >= 0.3 is 0 Å². The molecule has 2 rings (SSSR count). The smallest absolute Gasteiger partial charge is 0.0540 e. The van der Waals surface area contributed by atoms with E-state index in [4.69, 9.17) is 5.11 Å². The van der Waals surface area contributed by atoms with Gasteiger partial charge in [-0.05, 0) is 29.5 Å². The first kappa shape index (κ1) is 14.1. The maximum Gasteiger partial charge on any atom is 0.0540 e. The van der Waals surface area contributed by atoms with Crippen LogP contribution in [-0.2, 0) is 6.54 Å². The van der Waals surface area contributed by atoms with Crippen molar-refractivity contribution in [3.63, 3.8) is 0 Å². The molecular formula is C17H23NO. The van der Waals surface area contributed by atoms with E-state index in [1.54, 1.807) is 0 Å². The highest BCUT2D eigenvalue weighted by molar-refractivity contribution is 5.36. The predicted octanol–water partition coefficient (Wildman–Crippen LogP) is 2.51. The quantitative estimate of drug-likeness (QED) is 0.841. The van der Waals surface area contributed by atoms with Crippen molar-refractivity contribution >= 4 is 0 Å². The van der Waals surface area contributed by atoms with E-state index in [0.717, 1.165) is 23.9 Å². The molecule has 1 saturated heterocycles. The van der Waals surface area contributed by atoms with Crippen molar-refractivity contribution in [3.8, 4) is 11.8 Å². The Kier molecular flexibility index (Phi) is 5.01. The fourth-order valence-electron chi connectivity index (χ4n) is 2.55. The Labute approximate surface area is 116 Å². The summed E-state index contributed by atoms with van der Waals surface area (Å²) >= 11 is 0. The van der Waals surface area contributed by atoms with Crippen molar-refractivity contribution in [2.24, 2.45) is 11.8 Å². The minimum atomic E-state index is 0.135. The van der Waals surface area contributed by atoms with Crippen LogP contribution in [0.1, 0.15) is 31.4 Å². The molecule has 2 unspecified atom stereocenters. The second-order valence-electron chi connectivity index (χ2n) is 5.62. The Balaban J connectivity index is 1.91. The van der Waals surface area contributed by atoms with E-state index in [1.807, 2.05) is 0 Å². The summed E-state index contributed by atoms with van der Waals surface area (Å²) in [6, 6.07) is 8.47. The molecule has 1 aliphatic heterocycles. The van der Waals surface area contributed by atoms with Gasteiger partial charge in [0.25, 0.3) is 0 Å². The summed E-state index contributed by atoms with van der Waals surface area (Å²) < 4.78 is 0. The normalized spacial score (nSPS) is 23.1. The number of hydrogen-bond donors (Lipinski definition) is 1. The van der Waals surface area contributed by atoms with Gasteiger partial charge in [-0.15, -0.1) is 0 Å². The van der Waals surface area contributed by atoms with Crippen molar-refractivity contribution in [2.75, 3.05) is 19.7 Å². The van der Waals surface area contributed by atoms with Gasteiger partial charge < -0.3 is 5.11 Å². The molecule has 2 atom stereocenters. The third-order valence-corrected chi connectivity index (χ3v) is 3.89. The molecule has 2 heteroatoms. The van der Waals surface area contributed by atoms with E-state index in [1.165, 1.54) is 18.7 Å². The summed E-state index contributed by atoms with van der Waals surface area (Å²) in [7, 11) is 0. The van der Waals surface area contributed by atoms with E-state index in [0.29, 0.717) is 6.42 Å². The van der Waals surface area contributed by atoms with E-state index in [-0.39, 0.29) is 6.61 Å². The molecule has 0 aliphatic carbocycles. The van der Waals surface area contributed by atoms with Crippen molar-refractivity contribution in [1.82, 2.24) is 4.90 Å². The highest BCUT2D eigenvalue weighted by Gasteiger charge is 2.25. The summed E-state index contributed by atoms with van der Waals surface area (Å²) in [5.41, 5.74) is 2.38. The van der Waals surface area contributed by atoms with Crippen LogP contribution in [0.5, 0.6) is 0 Å². The Morgan fingerprint density at radius 1 is 1.16 bits per heavy atom. The zero-order chi connectivity index (χ0) is 13.7. The Morgan fingerprint density at radius 2 is 1.79 bits per heavy atom. The second-order valence-corrected chi connectivity index (χ2v) is 5.62. The molecule has 1 aromatic carbocycles. The summed E-state index contributed by atoms with van der Waals surface area (Å²) in [6.07, 6.45) is 0.547. The minimum Gasteiger partial charge on any atom is -0.395 e. The molecule has 0 radical (unpaired) electrons. The number of benzene rings is 1. The first-order chi connectivity index (χ1) is 9.19. The maximum atomic E-state index is 8.68. The van der Waals surface area contributed by atoms with Crippen LogP contribution in [0.25, 0.3) is 0 Å². The summed E-state index contributed by atoms with van der Waals surface area (Å²) in [4.78, 5) is 2.53. The van der Waals surface area contributed by atoms with Crippen LogP contribution in [0.2, 0.25) is 0 Å². The fourth-order valence-corrected chi connectivity index (χ4v) is 2.55. The third-order valence-electron chi connectivity index (χ3n) is 3.89. The number of rotatable bonds is 3. The molecule has 1 fully saturated rings. The molecule has 0 amide bonds. The number of likely N-dealkylation sites (tertiary alicyclic amines) is 1. The molecule has 0 aromatic heterocycles. The van der Waals surface area contributed by atoms with Gasteiger partial charge in [-0.2, -0.15) is 0 Å². The monoisotopic (exact) mass is 257 g/mol. The maximum absolute atomic E-state index is 8.68. The predicted molar refractivity (Wildman–Crippen MR) is 78.6 cm³/mol. The first-order valence-corrected chi connectivity index (χ1v) is 7.10. The molecule has 2 nitrogen and oxygen atoms in total. The fraction of sp³-hybridized carbons (Fsp3) is 0.529. The van der Waals surface area contributed by atoms with E-state index in [2.05, 4.69) is 54.9 Å². The zero-order valence-electron chi connectivity index (χ0n) is 11.9. The van der Waals surface area contributed by atoms with Crippen LogP contribution >= 0.6 is 0 Å². The van der Waals surface area contributed by atoms with Crippen LogP contribution in [0.15, 0.2) is 24.3 Å². The lowest BCUT2D eigenvalue weighted by Crippen LogP contribution is -2.19. The van der Waals surface area contributed by atoms with Gasteiger partial charge in [0.05, 0.1) is 6.61 Å². The van der Waals surface area contributed by atoms with Crippen molar-refractivity contribution in [2.45, 2.75) is 26.8 Å². The largest absolute Gasteiger partial charge is 0.395 e. The number of nitrogens with zero attached hydrogens (tertiary/aromatic N) is 1. The van der Waals surface area contributed by atoms with Crippen molar-refractivity contribution < 1.29 is 5.11 Å². The number of aliphatic hydroxyl groups is 1. The lowest BCUT2D eigenvalue weighted by molar-refractivity contribution is 0.305. The molecule has 0 saturated carbocycles. The molecule has 1 aromatic rings. The van der Waals surface area contributed by atoms with Gasteiger partial charge in [-0.25, -0.2) is 0 Å². The SMILES string of the molecule is CC1CN(Cc2ccc(C#CCCO)cc2)CC1C. The van der Waals surface area contributed by atoms with Crippen molar-refractivity contribution in [3.05, 3.63) is 35.4 Å². The van der Waals surface area contributed by atoms with Crippen LogP contribution < -0.4 is 0 Å². The highest BCUT2D eigenvalue weighted by Crippen LogP contribution is 2.23. The summed E-state index contributed by atoms with van der Waals surface area (Å²) in [6.45, 7) is 8.27. The van der Waals surface area contributed by atoms with Gasteiger partial charge in [-0.3, -0.25) is 4.90 Å². The van der Waals surface area contributed by atoms with E-state index < -0.39 is 0 Å². The Hall–Kier alpha value is -1.30. The third kappa shape index (κ3) is 4.09. The molecule has 0 bridgehead atoms. The molecule has 1 heterocycles. The van der Waals surface area contributed by atoms with Gasteiger partial charge in [-0.1, -0.05) is 37.8 Å². The van der Waals surface area contributed by atoms with Gasteiger partial charge in [0.2, 0.25) is 0 Å². The number of hydrogen-bond acceptors (Lipinski definition) is 2. The zero-order valence-corrected chi connectivity index (χ0v) is 11.9. The van der Waals surface area contributed by atoms with Crippen molar-refractivity contribution in [1.29, 1.82) is 0 Å². The van der Waals surface area contributed by atoms with Crippen LogP contribution in [0.4, 0.5) is 0 Å². The molecular weight excluding hydrogens is 234 g/mol. The second kappa shape index (κ2) is 6.75. The highest BCUT2D eigenvalue weighted by atomic mass is 16.2. The topological polar surface area (TPSA) is 23.5 Å². The minimum absolute atomic E-state index is 0.135. The molecule has 1 N–H and O–H groups in total. The molecule has 102 valence electrons. The lowest BCUT2D eigenvalue weighted by atomic mass is 10.0. The standard InChI is InChI=1S/C17H23NO/c1-14-11-18(12-15(14)2)13-17-8-6-16(7-9-17)5-3-4-10-19/h6-9,14-15,19H,4,10-13H2,1-2H3. The molecule has 0 spiro atoms. The Morgan fingerprint density at radius 3 is 2.37 bits per heavy atom. The average molecular weight is 257 g/mol. The van der Waals surface area contributed by atoms with Gasteiger partial charge in [0.15, 0.2) is 0 Å². The van der Waals surface area contributed by atoms with Gasteiger partial charge in [0, 0.05) is 31.6 Å². The van der Waals surface area contributed by atoms with E-state index >= 15 is 0 Å². The number of aliphatic hydroxyl groups excluding tert-OH is 1. The summed E-state index contributed by atoms with van der Waals surface area (Å²) in [5.74, 6) is 7.62. The van der Waals surface area contributed by atoms with Gasteiger partial charge in [0.1, 0.15) is 0 Å². The van der Waals surface area contributed by atoms with Crippen LogP contribution in [-0.4, -0.2) is 29.7 Å². The van der Waals surface area contributed by atoms with Crippen LogP contribution in [0, 0.1) is 23.7 Å². The average Bonchev–Trinajstić information content (AvgIpc) is 2.71. The first-order valence-electron chi connectivity index (χ1n) is 7.10.